The van der Waals surface area contributed by atoms with Crippen LogP contribution < -0.4 is 5.73 Å². The number of rotatable bonds is 4. The molecule has 0 aliphatic carbocycles. The number of hydrogen-bond donors (Lipinski definition) is 2. The van der Waals surface area contributed by atoms with E-state index in [2.05, 4.69) is 28.5 Å². The van der Waals surface area contributed by atoms with Gasteiger partial charge in [0.25, 0.3) is 0 Å². The van der Waals surface area contributed by atoms with E-state index in [1.165, 1.54) is 6.34 Å². The van der Waals surface area contributed by atoms with Gasteiger partial charge in [-0.05, 0) is 5.75 Å². The first kappa shape index (κ1) is 9.85. The Morgan fingerprint density at radius 1 is 1.92 bits per heavy atom. The Bertz CT molecular complexity index is 316. The van der Waals surface area contributed by atoms with Gasteiger partial charge in [0.15, 0.2) is 5.82 Å². The highest BCUT2D eigenvalue weighted by Crippen LogP contribution is 2.29. The van der Waals surface area contributed by atoms with Crippen molar-refractivity contribution in [1.29, 1.82) is 0 Å². The van der Waals surface area contributed by atoms with Gasteiger partial charge in [-0.15, -0.1) is 11.8 Å². The van der Waals surface area contributed by atoms with Crippen LogP contribution in [0.25, 0.3) is 4.91 Å². The van der Waals surface area contributed by atoms with Crippen LogP contribution in [-0.2, 0) is 0 Å². The molecule has 4 nitrogen and oxygen atoms in total. The molecule has 0 atom stereocenters. The van der Waals surface area contributed by atoms with Gasteiger partial charge in [0.2, 0.25) is 0 Å². The van der Waals surface area contributed by atoms with Crippen LogP contribution >= 0.6 is 11.8 Å². The first-order valence-electron chi connectivity index (χ1n) is 3.89. The Hall–Kier alpha value is -1.23. The van der Waals surface area contributed by atoms with Crippen molar-refractivity contribution >= 4 is 28.8 Å². The predicted octanol–water partition coefficient (Wildman–Crippen LogP) is 1.75. The van der Waals surface area contributed by atoms with Crippen LogP contribution in [0.5, 0.6) is 0 Å². The molecule has 0 fully saturated rings. The molecule has 0 saturated heterocycles. The van der Waals surface area contributed by atoms with Crippen molar-refractivity contribution in [3.05, 3.63) is 18.6 Å². The summed E-state index contributed by atoms with van der Waals surface area (Å²) in [4.78, 5) is 11.8. The smallest absolute Gasteiger partial charge is 0.159 e. The number of aliphatic imine (C=N–C) groups is 1. The van der Waals surface area contributed by atoms with Crippen molar-refractivity contribution in [1.82, 2.24) is 9.97 Å². The third kappa shape index (κ3) is 2.35. The second kappa shape index (κ2) is 4.71. The minimum Gasteiger partial charge on any atom is -0.390 e. The van der Waals surface area contributed by atoms with E-state index in [0.717, 1.165) is 16.4 Å². The van der Waals surface area contributed by atoms with Crippen LogP contribution in [0.3, 0.4) is 0 Å². The molecule has 0 aromatic carbocycles. The normalized spacial score (nSPS) is 10.8. The summed E-state index contributed by atoms with van der Waals surface area (Å²) in [5.74, 6) is 1.63. The first-order valence-corrected chi connectivity index (χ1v) is 4.87. The Morgan fingerprint density at radius 2 is 2.69 bits per heavy atom. The molecule has 1 rings (SSSR count). The van der Waals surface area contributed by atoms with Gasteiger partial charge in [-0.3, -0.25) is 0 Å². The van der Waals surface area contributed by atoms with E-state index in [1.807, 2.05) is 0 Å². The number of nitrogens with two attached hydrogens (primary N) is 1. The Kier molecular flexibility index (Phi) is 3.57. The lowest BCUT2D eigenvalue weighted by Gasteiger charge is -1.99. The molecule has 1 heterocycles. The fraction of sp³-hybridized carbons (Fsp3) is 0.250. The van der Waals surface area contributed by atoms with E-state index in [4.69, 9.17) is 5.73 Å². The molecule has 1 aromatic rings. The first-order chi connectivity index (χ1) is 6.29. The Labute approximate surface area is 81.4 Å². The third-order valence-electron chi connectivity index (χ3n) is 1.41. The zero-order chi connectivity index (χ0) is 9.68. The lowest BCUT2D eigenvalue weighted by Crippen LogP contribution is -1.88. The average molecular weight is 196 g/mol. The maximum absolute atomic E-state index is 5.19. The van der Waals surface area contributed by atoms with E-state index < -0.39 is 0 Å². The monoisotopic (exact) mass is 196 g/mol. The quantitative estimate of drug-likeness (QED) is 0.569. The van der Waals surface area contributed by atoms with Gasteiger partial charge in [-0.1, -0.05) is 13.5 Å². The van der Waals surface area contributed by atoms with Gasteiger partial charge < -0.3 is 10.7 Å². The van der Waals surface area contributed by atoms with Crippen LogP contribution in [0.1, 0.15) is 12.6 Å². The van der Waals surface area contributed by atoms with Crippen LogP contribution in [0.4, 0.5) is 5.82 Å². The maximum Gasteiger partial charge on any atom is 0.159 e. The topological polar surface area (TPSA) is 67.1 Å². The number of imidazole rings is 1. The summed E-state index contributed by atoms with van der Waals surface area (Å²) in [7, 11) is 0. The summed E-state index contributed by atoms with van der Waals surface area (Å²) in [5, 5.41) is 0. The van der Waals surface area contributed by atoms with Crippen LogP contribution in [0.15, 0.2) is 17.9 Å². The van der Waals surface area contributed by atoms with Crippen LogP contribution in [-0.4, -0.2) is 22.1 Å². The van der Waals surface area contributed by atoms with Gasteiger partial charge >= 0.3 is 0 Å². The average Bonchev–Trinajstić information content (AvgIpc) is 2.54. The minimum atomic E-state index is 0.661. The number of hydrogen-bond acceptors (Lipinski definition) is 3. The van der Waals surface area contributed by atoms with Crippen molar-refractivity contribution < 1.29 is 0 Å². The number of aromatic amines is 1. The number of H-pyrrole nitrogens is 1. The largest absolute Gasteiger partial charge is 0.390 e. The molecule has 0 radical (unpaired) electrons. The van der Waals surface area contributed by atoms with Crippen molar-refractivity contribution in [3.63, 3.8) is 0 Å². The molecule has 0 amide bonds. The highest BCUT2D eigenvalue weighted by atomic mass is 32.2. The second-order valence-electron chi connectivity index (χ2n) is 2.23. The van der Waals surface area contributed by atoms with E-state index in [-0.39, 0.29) is 0 Å². The molecular weight excluding hydrogens is 184 g/mol. The summed E-state index contributed by atoms with van der Waals surface area (Å²) in [6, 6.07) is 0. The molecule has 1 aromatic heterocycles. The van der Waals surface area contributed by atoms with Gasteiger partial charge in [0.1, 0.15) is 5.69 Å². The number of nitrogens with one attached hydrogen (secondary N) is 1. The van der Waals surface area contributed by atoms with Crippen molar-refractivity contribution in [2.75, 3.05) is 5.75 Å². The Balaban J connectivity index is 2.87. The van der Waals surface area contributed by atoms with Crippen molar-refractivity contribution in [2.24, 2.45) is 10.7 Å². The van der Waals surface area contributed by atoms with E-state index in [0.29, 0.717) is 5.82 Å². The van der Waals surface area contributed by atoms with Gasteiger partial charge in [-0.25, -0.2) is 9.98 Å². The van der Waals surface area contributed by atoms with Gasteiger partial charge in [0.05, 0.1) is 12.7 Å². The Morgan fingerprint density at radius 3 is 3.31 bits per heavy atom. The number of aromatic nitrogens is 2. The molecular formula is C8H12N4S. The fourth-order valence-corrected chi connectivity index (χ4v) is 1.54. The van der Waals surface area contributed by atoms with Crippen molar-refractivity contribution in [3.8, 4) is 0 Å². The van der Waals surface area contributed by atoms with Crippen LogP contribution in [0.2, 0.25) is 0 Å². The van der Waals surface area contributed by atoms with E-state index in [1.54, 1.807) is 18.1 Å². The molecule has 0 spiro atoms. The second-order valence-corrected chi connectivity index (χ2v) is 3.59. The molecule has 3 N–H and O–H groups in total. The SMILES string of the molecule is C=C(SCC)c1nc[nH]c1/N=C\N. The summed E-state index contributed by atoms with van der Waals surface area (Å²) in [6.07, 6.45) is 2.82. The van der Waals surface area contributed by atoms with Gasteiger partial charge in [-0.2, -0.15) is 0 Å². The third-order valence-corrected chi connectivity index (χ3v) is 2.24. The molecule has 0 bridgehead atoms. The maximum atomic E-state index is 5.19. The summed E-state index contributed by atoms with van der Waals surface area (Å²) >= 11 is 1.64. The lowest BCUT2D eigenvalue weighted by atomic mass is 10.4. The highest BCUT2D eigenvalue weighted by Gasteiger charge is 2.07. The van der Waals surface area contributed by atoms with E-state index >= 15 is 0 Å². The molecule has 0 saturated carbocycles. The zero-order valence-corrected chi connectivity index (χ0v) is 8.27. The lowest BCUT2D eigenvalue weighted by molar-refractivity contribution is 1.30. The van der Waals surface area contributed by atoms with Crippen molar-refractivity contribution in [2.45, 2.75) is 6.92 Å². The molecule has 70 valence electrons. The molecule has 0 unspecified atom stereocenters. The summed E-state index contributed by atoms with van der Waals surface area (Å²) in [5.41, 5.74) is 5.96. The number of thioether (sulfide) groups is 1. The van der Waals surface area contributed by atoms with Gasteiger partial charge in [0, 0.05) is 4.91 Å². The van der Waals surface area contributed by atoms with E-state index in [9.17, 15) is 0 Å². The van der Waals surface area contributed by atoms with Crippen LogP contribution in [0, 0.1) is 0 Å². The zero-order valence-electron chi connectivity index (χ0n) is 7.45. The fourth-order valence-electron chi connectivity index (χ4n) is 0.907. The minimum absolute atomic E-state index is 0.661. The molecule has 13 heavy (non-hydrogen) atoms. The molecule has 0 aliphatic rings. The predicted molar refractivity (Wildman–Crippen MR) is 58.1 cm³/mol. The highest BCUT2D eigenvalue weighted by molar-refractivity contribution is 8.08. The summed E-state index contributed by atoms with van der Waals surface area (Å²) < 4.78 is 0. The standard InChI is InChI=1S/C8H12N4S/c1-3-13-6(2)7-8(10-4-9)12-5-11-7/h4-5H,2-3H2,1H3,(H2,9,10)(H,11,12). The molecule has 0 aliphatic heterocycles. The summed E-state index contributed by atoms with van der Waals surface area (Å²) in [6.45, 7) is 5.96. The molecule has 5 heteroatoms. The number of nitrogens with zero attached hydrogens (tertiary/aromatic N) is 2.